The molecule has 2 amide bonds. The zero-order valence-corrected chi connectivity index (χ0v) is 12.8. The van der Waals surface area contributed by atoms with Crippen molar-refractivity contribution >= 4 is 23.4 Å². The summed E-state index contributed by atoms with van der Waals surface area (Å²) < 4.78 is 5.44. The van der Waals surface area contributed by atoms with Gasteiger partial charge in [-0.3, -0.25) is 9.59 Å². The third-order valence-corrected chi connectivity index (χ3v) is 3.27. The molecule has 1 aliphatic heterocycles. The number of pyridine rings is 1. The first-order chi connectivity index (χ1) is 9.97. The smallest absolute Gasteiger partial charge is 0.255 e. The van der Waals surface area contributed by atoms with E-state index in [1.54, 1.807) is 11.0 Å². The zero-order chi connectivity index (χ0) is 15.4. The summed E-state index contributed by atoms with van der Waals surface area (Å²) >= 11 is 6.09. The van der Waals surface area contributed by atoms with Gasteiger partial charge in [0.2, 0.25) is 11.8 Å². The van der Waals surface area contributed by atoms with Crippen LogP contribution in [-0.4, -0.2) is 47.4 Å². The largest absolute Gasteiger partial charge is 0.474 e. The predicted molar refractivity (Wildman–Crippen MR) is 78.5 cm³/mol. The van der Waals surface area contributed by atoms with E-state index in [0.717, 1.165) is 0 Å². The molecule has 2 rings (SSSR count). The predicted octanol–water partition coefficient (Wildman–Crippen LogP) is 1.48. The molecule has 0 aromatic carbocycles. The summed E-state index contributed by atoms with van der Waals surface area (Å²) in [5, 5.41) is 3.03. The van der Waals surface area contributed by atoms with Crippen molar-refractivity contribution in [1.29, 1.82) is 0 Å². The average molecular weight is 312 g/mol. The first kappa shape index (κ1) is 15.6. The number of rotatable bonds is 3. The van der Waals surface area contributed by atoms with E-state index in [9.17, 15) is 9.59 Å². The Balaban J connectivity index is 2.12. The van der Waals surface area contributed by atoms with E-state index in [0.29, 0.717) is 42.5 Å². The maximum Gasteiger partial charge on any atom is 0.255 e. The van der Waals surface area contributed by atoms with Gasteiger partial charge < -0.3 is 15.0 Å². The molecular formula is C14H18ClN3O3. The molecule has 0 unspecified atom stereocenters. The van der Waals surface area contributed by atoms with Gasteiger partial charge in [-0.05, 0) is 19.9 Å². The molecule has 1 fully saturated rings. The molecule has 1 aliphatic rings. The Bertz CT molecular complexity index is 548. The van der Waals surface area contributed by atoms with Crippen molar-refractivity contribution in [2.75, 3.05) is 19.6 Å². The van der Waals surface area contributed by atoms with Crippen LogP contribution < -0.4 is 10.1 Å². The number of nitrogens with zero attached hydrogens (tertiary/aromatic N) is 2. The summed E-state index contributed by atoms with van der Waals surface area (Å²) in [4.78, 5) is 29.4. The van der Waals surface area contributed by atoms with Crippen LogP contribution in [0.1, 0.15) is 30.6 Å². The number of carbonyl (C=O) groups is 2. The number of carbonyl (C=O) groups excluding carboxylic acids is 2. The molecule has 1 aromatic rings. The van der Waals surface area contributed by atoms with Crippen LogP contribution in [0.15, 0.2) is 12.3 Å². The normalized spacial score (nSPS) is 15.6. The fraction of sp³-hybridized carbons (Fsp3) is 0.500. The van der Waals surface area contributed by atoms with Crippen LogP contribution >= 0.6 is 11.6 Å². The Hall–Kier alpha value is -1.82. The number of nitrogens with one attached hydrogen (secondary N) is 1. The summed E-state index contributed by atoms with van der Waals surface area (Å²) in [5.74, 6) is 0.0927. The van der Waals surface area contributed by atoms with E-state index in [1.165, 1.54) is 6.20 Å². The molecule has 0 atom stereocenters. The third-order valence-electron chi connectivity index (χ3n) is 3.00. The molecule has 0 bridgehead atoms. The van der Waals surface area contributed by atoms with Gasteiger partial charge in [0, 0.05) is 32.3 Å². The van der Waals surface area contributed by atoms with Gasteiger partial charge in [0.1, 0.15) is 5.02 Å². The molecule has 1 aromatic heterocycles. The monoisotopic (exact) mass is 311 g/mol. The van der Waals surface area contributed by atoms with Gasteiger partial charge in [-0.15, -0.1) is 0 Å². The number of aromatic nitrogens is 1. The molecule has 6 nitrogen and oxygen atoms in total. The maximum absolute atomic E-state index is 12.4. The van der Waals surface area contributed by atoms with Crippen LogP contribution in [0.5, 0.6) is 5.88 Å². The minimum absolute atomic E-state index is 0.0397. The summed E-state index contributed by atoms with van der Waals surface area (Å²) in [6.07, 6.45) is 1.72. The first-order valence-corrected chi connectivity index (χ1v) is 7.23. The van der Waals surface area contributed by atoms with Crippen molar-refractivity contribution in [1.82, 2.24) is 15.2 Å². The SMILES string of the molecule is CC(C)Oc1ncc(C(=O)N2CCNC(=O)CC2)cc1Cl. The number of ether oxygens (including phenoxy) is 1. The van der Waals surface area contributed by atoms with Gasteiger partial charge in [-0.1, -0.05) is 11.6 Å². The third kappa shape index (κ3) is 4.07. The first-order valence-electron chi connectivity index (χ1n) is 6.85. The van der Waals surface area contributed by atoms with Gasteiger partial charge in [0.15, 0.2) is 0 Å². The van der Waals surface area contributed by atoms with Crippen LogP contribution in [0.2, 0.25) is 5.02 Å². The highest BCUT2D eigenvalue weighted by Gasteiger charge is 2.21. The summed E-state index contributed by atoms with van der Waals surface area (Å²) in [7, 11) is 0. The maximum atomic E-state index is 12.4. The highest BCUT2D eigenvalue weighted by atomic mass is 35.5. The van der Waals surface area contributed by atoms with Crippen LogP contribution in [0.3, 0.4) is 0 Å². The summed E-state index contributed by atoms with van der Waals surface area (Å²) in [6.45, 7) is 5.08. The van der Waals surface area contributed by atoms with Gasteiger partial charge in [0.05, 0.1) is 11.7 Å². The Morgan fingerprint density at radius 2 is 2.24 bits per heavy atom. The number of amides is 2. The molecule has 1 saturated heterocycles. The Kier molecular flexibility index (Phi) is 5.01. The second-order valence-electron chi connectivity index (χ2n) is 5.07. The van der Waals surface area contributed by atoms with E-state index >= 15 is 0 Å². The second kappa shape index (κ2) is 6.76. The molecule has 1 N–H and O–H groups in total. The van der Waals surface area contributed by atoms with Crippen LogP contribution in [-0.2, 0) is 4.79 Å². The van der Waals surface area contributed by atoms with E-state index in [2.05, 4.69) is 10.3 Å². The van der Waals surface area contributed by atoms with Crippen LogP contribution in [0, 0.1) is 0 Å². The minimum atomic E-state index is -0.183. The standard InChI is InChI=1S/C14H18ClN3O3/c1-9(2)21-13-11(15)7-10(8-17-13)14(20)18-5-3-12(19)16-4-6-18/h7-9H,3-6H2,1-2H3,(H,16,19). The van der Waals surface area contributed by atoms with E-state index < -0.39 is 0 Å². The van der Waals surface area contributed by atoms with Crippen molar-refractivity contribution in [2.24, 2.45) is 0 Å². The van der Waals surface area contributed by atoms with Gasteiger partial charge >= 0.3 is 0 Å². The highest BCUT2D eigenvalue weighted by Crippen LogP contribution is 2.24. The lowest BCUT2D eigenvalue weighted by atomic mass is 10.2. The molecular weight excluding hydrogens is 294 g/mol. The molecule has 21 heavy (non-hydrogen) atoms. The topological polar surface area (TPSA) is 71.5 Å². The molecule has 7 heteroatoms. The van der Waals surface area contributed by atoms with Crippen molar-refractivity contribution in [2.45, 2.75) is 26.4 Å². The van der Waals surface area contributed by atoms with Gasteiger partial charge in [-0.2, -0.15) is 0 Å². The van der Waals surface area contributed by atoms with E-state index in [-0.39, 0.29) is 17.9 Å². The number of halogens is 1. The summed E-state index contributed by atoms with van der Waals surface area (Å²) in [6, 6.07) is 1.55. The Morgan fingerprint density at radius 3 is 2.90 bits per heavy atom. The van der Waals surface area contributed by atoms with E-state index in [1.807, 2.05) is 13.8 Å². The van der Waals surface area contributed by atoms with Crippen molar-refractivity contribution in [3.8, 4) is 5.88 Å². The fourth-order valence-corrected chi connectivity index (χ4v) is 2.22. The summed E-state index contributed by atoms with van der Waals surface area (Å²) in [5.41, 5.74) is 0.394. The number of hydrogen-bond acceptors (Lipinski definition) is 4. The lowest BCUT2D eigenvalue weighted by molar-refractivity contribution is -0.120. The van der Waals surface area contributed by atoms with E-state index in [4.69, 9.17) is 16.3 Å². The second-order valence-corrected chi connectivity index (χ2v) is 5.48. The molecule has 114 valence electrons. The Morgan fingerprint density at radius 1 is 1.48 bits per heavy atom. The molecule has 0 radical (unpaired) electrons. The molecule has 0 saturated carbocycles. The fourth-order valence-electron chi connectivity index (χ4n) is 2.00. The van der Waals surface area contributed by atoms with Gasteiger partial charge in [-0.25, -0.2) is 4.98 Å². The minimum Gasteiger partial charge on any atom is -0.474 e. The van der Waals surface area contributed by atoms with Crippen molar-refractivity contribution in [3.05, 3.63) is 22.8 Å². The molecule has 0 spiro atoms. The van der Waals surface area contributed by atoms with Gasteiger partial charge in [0.25, 0.3) is 5.91 Å². The van der Waals surface area contributed by atoms with Crippen molar-refractivity contribution in [3.63, 3.8) is 0 Å². The lowest BCUT2D eigenvalue weighted by Gasteiger charge is -2.19. The zero-order valence-electron chi connectivity index (χ0n) is 12.1. The average Bonchev–Trinajstić information content (AvgIpc) is 2.64. The van der Waals surface area contributed by atoms with Crippen LogP contribution in [0.25, 0.3) is 0 Å². The lowest BCUT2D eigenvalue weighted by Crippen LogP contribution is -2.34. The highest BCUT2D eigenvalue weighted by molar-refractivity contribution is 6.32. The molecule has 0 aliphatic carbocycles. The molecule has 2 heterocycles. The van der Waals surface area contributed by atoms with Crippen molar-refractivity contribution < 1.29 is 14.3 Å². The quantitative estimate of drug-likeness (QED) is 0.918. The Labute approximate surface area is 128 Å². The van der Waals surface area contributed by atoms with Crippen LogP contribution in [0.4, 0.5) is 0 Å². The number of hydrogen-bond donors (Lipinski definition) is 1.